The van der Waals surface area contributed by atoms with Crippen LogP contribution in [0.2, 0.25) is 0 Å². The van der Waals surface area contributed by atoms with Crippen molar-refractivity contribution in [3.63, 3.8) is 0 Å². The Kier molecular flexibility index (Phi) is 6.42. The fourth-order valence-corrected chi connectivity index (χ4v) is 2.20. The number of rotatable bonds is 5. The lowest BCUT2D eigenvalue weighted by Crippen LogP contribution is -2.27. The summed E-state index contributed by atoms with van der Waals surface area (Å²) in [7, 11) is 1.61. The lowest BCUT2D eigenvalue weighted by Gasteiger charge is -2.20. The number of methoxy groups -OCH3 is 1. The van der Waals surface area contributed by atoms with Crippen LogP contribution in [0.15, 0.2) is 28.9 Å². The average Bonchev–Trinajstić information content (AvgIpc) is 2.55. The Hall–Kier alpha value is -2.35. The summed E-state index contributed by atoms with van der Waals surface area (Å²) in [5.74, 6) is 1.16. The molecule has 8 heteroatoms. The van der Waals surface area contributed by atoms with E-state index < -0.39 is 11.7 Å². The van der Waals surface area contributed by atoms with Gasteiger partial charge in [0.05, 0.1) is 12.8 Å². The molecule has 140 valence electrons. The van der Waals surface area contributed by atoms with Crippen LogP contribution in [0.1, 0.15) is 32.0 Å². The van der Waals surface area contributed by atoms with Gasteiger partial charge >= 0.3 is 6.09 Å². The molecule has 0 bridgehead atoms. The zero-order valence-corrected chi connectivity index (χ0v) is 17.0. The van der Waals surface area contributed by atoms with Gasteiger partial charge in [0.2, 0.25) is 0 Å². The first-order valence-electron chi connectivity index (χ1n) is 7.98. The van der Waals surface area contributed by atoms with Crippen LogP contribution in [0.5, 0.6) is 11.6 Å². The summed E-state index contributed by atoms with van der Waals surface area (Å²) in [5, 5.41) is 2.58. The number of carbonyl (C=O) groups excluding carboxylic acids is 1. The van der Waals surface area contributed by atoms with Crippen LogP contribution in [0.4, 0.5) is 10.6 Å². The minimum absolute atomic E-state index is 0.185. The van der Waals surface area contributed by atoms with Crippen molar-refractivity contribution in [1.29, 1.82) is 0 Å². The van der Waals surface area contributed by atoms with Crippen molar-refractivity contribution in [2.75, 3.05) is 12.4 Å². The molecule has 0 aliphatic heterocycles. The van der Waals surface area contributed by atoms with Crippen LogP contribution in [0.25, 0.3) is 0 Å². The van der Waals surface area contributed by atoms with Crippen molar-refractivity contribution in [3.05, 3.63) is 40.1 Å². The number of hydrogen-bond acceptors (Lipinski definition) is 6. The number of hydrogen-bond donors (Lipinski definition) is 1. The molecule has 1 aromatic carbocycles. The van der Waals surface area contributed by atoms with Crippen molar-refractivity contribution < 1.29 is 19.0 Å². The van der Waals surface area contributed by atoms with Gasteiger partial charge in [0, 0.05) is 0 Å². The van der Waals surface area contributed by atoms with Crippen LogP contribution in [-0.2, 0) is 11.3 Å². The Balaban J connectivity index is 2.15. The molecule has 0 unspecified atom stereocenters. The molecule has 0 fully saturated rings. The lowest BCUT2D eigenvalue weighted by molar-refractivity contribution is 0.0634. The molecule has 0 radical (unpaired) electrons. The Labute approximate surface area is 161 Å². The van der Waals surface area contributed by atoms with E-state index in [0.29, 0.717) is 10.3 Å². The highest BCUT2D eigenvalue weighted by atomic mass is 79.9. The Morgan fingerprint density at radius 2 is 1.85 bits per heavy atom. The van der Waals surface area contributed by atoms with E-state index in [9.17, 15) is 4.79 Å². The highest BCUT2D eigenvalue weighted by Crippen LogP contribution is 2.26. The number of aromatic nitrogens is 2. The molecule has 26 heavy (non-hydrogen) atoms. The quantitative estimate of drug-likeness (QED) is 0.762. The van der Waals surface area contributed by atoms with Crippen molar-refractivity contribution in [1.82, 2.24) is 9.97 Å². The third kappa shape index (κ3) is 5.87. The van der Waals surface area contributed by atoms with E-state index in [1.165, 1.54) is 0 Å². The summed E-state index contributed by atoms with van der Waals surface area (Å²) < 4.78 is 16.7. The number of halogens is 1. The number of nitrogens with one attached hydrogen (secondary N) is 1. The largest absolute Gasteiger partial charge is 0.497 e. The van der Waals surface area contributed by atoms with Crippen molar-refractivity contribution in [3.8, 4) is 11.6 Å². The maximum Gasteiger partial charge on any atom is 0.413 e. The monoisotopic (exact) mass is 423 g/mol. The standard InChI is InChI=1S/C18H22BrN3O4/c1-11-14(19)21-15(22-17(23)26-18(2,3)4)16(20-11)25-10-12-6-8-13(24-5)9-7-12/h6-9H,10H2,1-5H3,(H,21,22,23). The number of nitrogens with zero attached hydrogens (tertiary/aromatic N) is 2. The topological polar surface area (TPSA) is 82.6 Å². The fourth-order valence-electron chi connectivity index (χ4n) is 1.93. The Bertz CT molecular complexity index is 773. The molecule has 7 nitrogen and oxygen atoms in total. The van der Waals surface area contributed by atoms with E-state index in [-0.39, 0.29) is 18.3 Å². The van der Waals surface area contributed by atoms with Crippen molar-refractivity contribution in [2.24, 2.45) is 0 Å². The second-order valence-electron chi connectivity index (χ2n) is 6.52. The smallest absolute Gasteiger partial charge is 0.413 e. The summed E-state index contributed by atoms with van der Waals surface area (Å²) in [4.78, 5) is 20.7. The predicted molar refractivity (Wildman–Crippen MR) is 102 cm³/mol. The predicted octanol–water partition coefficient (Wildman–Crippen LogP) is 4.48. The molecule has 1 aromatic heterocycles. The molecule has 0 aliphatic carbocycles. The molecule has 0 saturated heterocycles. The number of ether oxygens (including phenoxy) is 3. The SMILES string of the molecule is COc1ccc(COc2nc(C)c(Br)nc2NC(=O)OC(C)(C)C)cc1. The third-order valence-electron chi connectivity index (χ3n) is 3.13. The average molecular weight is 424 g/mol. The van der Waals surface area contributed by atoms with E-state index in [2.05, 4.69) is 31.2 Å². The minimum Gasteiger partial charge on any atom is -0.497 e. The van der Waals surface area contributed by atoms with Gasteiger partial charge in [-0.3, -0.25) is 5.32 Å². The van der Waals surface area contributed by atoms with Gasteiger partial charge in [0.15, 0.2) is 5.82 Å². The van der Waals surface area contributed by atoms with Crippen molar-refractivity contribution in [2.45, 2.75) is 39.9 Å². The zero-order chi connectivity index (χ0) is 19.3. The van der Waals surface area contributed by atoms with Crippen molar-refractivity contribution >= 4 is 27.8 Å². The summed E-state index contributed by atoms with van der Waals surface area (Å²) in [6.45, 7) is 7.40. The highest BCUT2D eigenvalue weighted by Gasteiger charge is 2.20. The first-order valence-corrected chi connectivity index (χ1v) is 8.77. The first kappa shape index (κ1) is 20.0. The van der Waals surface area contributed by atoms with E-state index in [0.717, 1.165) is 11.3 Å². The molecule has 0 aliphatic rings. The number of benzene rings is 1. The van der Waals surface area contributed by atoms with Crippen LogP contribution in [0.3, 0.4) is 0 Å². The molecule has 1 N–H and O–H groups in total. The van der Waals surface area contributed by atoms with Gasteiger partial charge in [-0.05, 0) is 61.3 Å². The molecular weight excluding hydrogens is 402 g/mol. The minimum atomic E-state index is -0.628. The lowest BCUT2D eigenvalue weighted by atomic mass is 10.2. The molecule has 2 aromatic rings. The van der Waals surface area contributed by atoms with Gasteiger partial charge in [-0.15, -0.1) is 0 Å². The molecule has 0 atom stereocenters. The van der Waals surface area contributed by atoms with E-state index in [1.54, 1.807) is 34.8 Å². The van der Waals surface area contributed by atoms with E-state index in [4.69, 9.17) is 14.2 Å². The summed E-state index contributed by atoms with van der Waals surface area (Å²) in [6, 6.07) is 7.46. The highest BCUT2D eigenvalue weighted by molar-refractivity contribution is 9.10. The molecule has 0 spiro atoms. The summed E-state index contributed by atoms with van der Waals surface area (Å²) >= 11 is 3.31. The van der Waals surface area contributed by atoms with Gasteiger partial charge in [0.1, 0.15) is 22.6 Å². The van der Waals surface area contributed by atoms with Gasteiger partial charge in [-0.2, -0.15) is 0 Å². The molecular formula is C18H22BrN3O4. The first-order chi connectivity index (χ1) is 12.2. The van der Waals surface area contributed by atoms with E-state index >= 15 is 0 Å². The number of carbonyl (C=O) groups is 1. The van der Waals surface area contributed by atoms with Crippen LogP contribution >= 0.6 is 15.9 Å². The Morgan fingerprint density at radius 1 is 1.19 bits per heavy atom. The van der Waals surface area contributed by atoms with E-state index in [1.807, 2.05) is 24.3 Å². The van der Waals surface area contributed by atoms with Gasteiger partial charge < -0.3 is 14.2 Å². The maximum atomic E-state index is 12.0. The number of amides is 1. The fraction of sp³-hybridized carbons (Fsp3) is 0.389. The van der Waals surface area contributed by atoms with Gasteiger partial charge in [-0.1, -0.05) is 12.1 Å². The molecule has 0 saturated carbocycles. The molecule has 2 rings (SSSR count). The molecule has 1 heterocycles. The second kappa shape index (κ2) is 8.35. The molecule has 1 amide bonds. The number of aryl methyl sites for hydroxylation is 1. The summed E-state index contributed by atoms with van der Waals surface area (Å²) in [5.41, 5.74) is 0.949. The van der Waals surface area contributed by atoms with Crippen LogP contribution < -0.4 is 14.8 Å². The second-order valence-corrected chi connectivity index (χ2v) is 7.27. The van der Waals surface area contributed by atoms with Gasteiger partial charge in [-0.25, -0.2) is 14.8 Å². The maximum absolute atomic E-state index is 12.0. The normalized spacial score (nSPS) is 11.0. The zero-order valence-electron chi connectivity index (χ0n) is 15.4. The Morgan fingerprint density at radius 3 is 2.42 bits per heavy atom. The van der Waals surface area contributed by atoms with Crippen LogP contribution in [0, 0.1) is 6.92 Å². The summed E-state index contributed by atoms with van der Waals surface area (Å²) in [6.07, 6.45) is -0.628. The van der Waals surface area contributed by atoms with Crippen LogP contribution in [-0.4, -0.2) is 28.8 Å². The van der Waals surface area contributed by atoms with Gasteiger partial charge in [0.25, 0.3) is 5.88 Å². The third-order valence-corrected chi connectivity index (χ3v) is 3.89. The number of anilines is 1.